The maximum absolute atomic E-state index is 11.6. The Morgan fingerprint density at radius 2 is 2.24 bits per heavy atom. The Bertz CT molecular complexity index is 504. The van der Waals surface area contributed by atoms with Gasteiger partial charge in [0.2, 0.25) is 5.91 Å². The van der Waals surface area contributed by atoms with Gasteiger partial charge in [0.25, 0.3) is 0 Å². The Labute approximate surface area is 99.6 Å². The molecule has 17 heavy (non-hydrogen) atoms. The molecule has 0 aliphatic carbocycles. The Balaban J connectivity index is 2.01. The number of carbonyl (C=O) groups is 1. The van der Waals surface area contributed by atoms with E-state index in [0.717, 1.165) is 16.5 Å². The van der Waals surface area contributed by atoms with Crippen molar-refractivity contribution in [3.63, 3.8) is 0 Å². The summed E-state index contributed by atoms with van der Waals surface area (Å²) < 4.78 is 10.2. The number of hydrogen-bond donors (Lipinski definition) is 1. The highest BCUT2D eigenvalue weighted by atomic mass is 16.5. The molecule has 0 radical (unpaired) electrons. The van der Waals surface area contributed by atoms with Gasteiger partial charge in [0.15, 0.2) is 0 Å². The van der Waals surface area contributed by atoms with Crippen LogP contribution < -0.4 is 5.32 Å². The number of hydrogen-bond acceptors (Lipinski definition) is 3. The van der Waals surface area contributed by atoms with Gasteiger partial charge in [-0.05, 0) is 6.07 Å². The van der Waals surface area contributed by atoms with Crippen LogP contribution in [0.25, 0.3) is 11.0 Å². The maximum atomic E-state index is 11.6. The number of rotatable bonds is 5. The second-order valence-corrected chi connectivity index (χ2v) is 3.78. The van der Waals surface area contributed by atoms with E-state index >= 15 is 0 Å². The molecule has 1 N–H and O–H groups in total. The summed E-state index contributed by atoms with van der Waals surface area (Å²) in [6.07, 6.45) is 1.97. The van der Waals surface area contributed by atoms with Crippen LogP contribution in [-0.2, 0) is 16.0 Å². The fourth-order valence-corrected chi connectivity index (χ4v) is 1.70. The number of ether oxygens (including phenoxy) is 1. The van der Waals surface area contributed by atoms with Crippen molar-refractivity contribution in [2.45, 2.75) is 6.42 Å². The number of para-hydroxylation sites is 1. The molecule has 2 rings (SSSR count). The molecule has 0 fully saturated rings. The van der Waals surface area contributed by atoms with Crippen molar-refractivity contribution in [2.24, 2.45) is 0 Å². The molecule has 4 heteroatoms. The molecular weight excluding hydrogens is 218 g/mol. The average molecular weight is 233 g/mol. The standard InChI is InChI=1S/C13H15NO3/c1-16-7-6-14-13(15)8-10-9-17-12-5-3-2-4-11(10)12/h2-5,9H,6-8H2,1H3,(H,14,15). The third-order valence-electron chi connectivity index (χ3n) is 2.54. The van der Waals surface area contributed by atoms with Crippen molar-refractivity contribution < 1.29 is 13.9 Å². The first-order valence-electron chi connectivity index (χ1n) is 5.52. The molecule has 0 unspecified atom stereocenters. The molecule has 0 bridgehead atoms. The topological polar surface area (TPSA) is 51.5 Å². The number of fused-ring (bicyclic) bond motifs is 1. The number of carbonyl (C=O) groups excluding carboxylic acids is 1. The molecule has 1 aromatic heterocycles. The second-order valence-electron chi connectivity index (χ2n) is 3.78. The van der Waals surface area contributed by atoms with Gasteiger partial charge in [0.05, 0.1) is 19.3 Å². The summed E-state index contributed by atoms with van der Waals surface area (Å²) in [6.45, 7) is 1.06. The fraction of sp³-hybridized carbons (Fsp3) is 0.308. The zero-order chi connectivity index (χ0) is 12.1. The van der Waals surface area contributed by atoms with Crippen molar-refractivity contribution in [3.05, 3.63) is 36.1 Å². The van der Waals surface area contributed by atoms with Crippen LogP contribution in [0, 0.1) is 0 Å². The van der Waals surface area contributed by atoms with Crippen LogP contribution in [0.4, 0.5) is 0 Å². The molecule has 0 aliphatic heterocycles. The number of nitrogens with one attached hydrogen (secondary N) is 1. The Kier molecular flexibility index (Phi) is 3.77. The summed E-state index contributed by atoms with van der Waals surface area (Å²) in [5.74, 6) is -0.0198. The lowest BCUT2D eigenvalue weighted by Crippen LogP contribution is -2.28. The van der Waals surface area contributed by atoms with Crippen LogP contribution in [-0.4, -0.2) is 26.2 Å². The van der Waals surface area contributed by atoms with Gasteiger partial charge in [-0.2, -0.15) is 0 Å². The normalized spacial score (nSPS) is 10.6. The number of amides is 1. The van der Waals surface area contributed by atoms with Crippen molar-refractivity contribution in [1.29, 1.82) is 0 Å². The zero-order valence-corrected chi connectivity index (χ0v) is 9.73. The monoisotopic (exact) mass is 233 g/mol. The van der Waals surface area contributed by atoms with Crippen molar-refractivity contribution in [3.8, 4) is 0 Å². The zero-order valence-electron chi connectivity index (χ0n) is 9.73. The molecule has 0 saturated carbocycles. The van der Waals surface area contributed by atoms with E-state index in [9.17, 15) is 4.79 Å². The lowest BCUT2D eigenvalue weighted by molar-refractivity contribution is -0.120. The summed E-state index contributed by atoms with van der Waals surface area (Å²) in [6, 6.07) is 7.69. The Hall–Kier alpha value is -1.81. The first-order chi connectivity index (χ1) is 8.31. The first-order valence-corrected chi connectivity index (χ1v) is 5.52. The maximum Gasteiger partial charge on any atom is 0.224 e. The minimum atomic E-state index is -0.0198. The van der Waals surface area contributed by atoms with Crippen molar-refractivity contribution in [2.75, 3.05) is 20.3 Å². The van der Waals surface area contributed by atoms with Crippen LogP contribution in [0.3, 0.4) is 0 Å². The van der Waals surface area contributed by atoms with Gasteiger partial charge in [-0.3, -0.25) is 4.79 Å². The smallest absolute Gasteiger partial charge is 0.224 e. The number of furan rings is 1. The molecule has 1 aromatic carbocycles. The summed E-state index contributed by atoms with van der Waals surface area (Å²) in [7, 11) is 1.61. The first kappa shape index (κ1) is 11.7. The van der Waals surface area contributed by atoms with E-state index in [1.807, 2.05) is 24.3 Å². The largest absolute Gasteiger partial charge is 0.464 e. The van der Waals surface area contributed by atoms with Gasteiger partial charge >= 0.3 is 0 Å². The number of methoxy groups -OCH3 is 1. The predicted molar refractivity (Wildman–Crippen MR) is 64.8 cm³/mol. The van der Waals surface area contributed by atoms with Crippen LogP contribution in [0.5, 0.6) is 0 Å². The van der Waals surface area contributed by atoms with Crippen LogP contribution in [0.2, 0.25) is 0 Å². The second kappa shape index (κ2) is 5.50. The molecular formula is C13H15NO3. The van der Waals surface area contributed by atoms with Crippen molar-refractivity contribution in [1.82, 2.24) is 5.32 Å². The van der Waals surface area contributed by atoms with Gasteiger partial charge in [0.1, 0.15) is 5.58 Å². The van der Waals surface area contributed by atoms with Gasteiger partial charge < -0.3 is 14.5 Å². The van der Waals surface area contributed by atoms with Crippen molar-refractivity contribution >= 4 is 16.9 Å². The van der Waals surface area contributed by atoms with Crippen LogP contribution >= 0.6 is 0 Å². The molecule has 1 amide bonds. The molecule has 0 atom stereocenters. The minimum Gasteiger partial charge on any atom is -0.464 e. The molecule has 1 heterocycles. The molecule has 0 saturated heterocycles. The van der Waals surface area contributed by atoms with Gasteiger partial charge in [-0.25, -0.2) is 0 Å². The van der Waals surface area contributed by atoms with E-state index in [0.29, 0.717) is 19.6 Å². The van der Waals surface area contributed by atoms with Crippen LogP contribution in [0.1, 0.15) is 5.56 Å². The third-order valence-corrected chi connectivity index (χ3v) is 2.54. The van der Waals surface area contributed by atoms with E-state index in [4.69, 9.17) is 9.15 Å². The van der Waals surface area contributed by atoms with E-state index in [1.54, 1.807) is 13.4 Å². The SMILES string of the molecule is COCCNC(=O)Cc1coc2ccccc12. The highest BCUT2D eigenvalue weighted by Gasteiger charge is 2.09. The van der Waals surface area contributed by atoms with Crippen LogP contribution in [0.15, 0.2) is 34.9 Å². The minimum absolute atomic E-state index is 0.0198. The average Bonchev–Trinajstić information content (AvgIpc) is 2.73. The fourth-order valence-electron chi connectivity index (χ4n) is 1.70. The highest BCUT2D eigenvalue weighted by molar-refractivity contribution is 5.87. The lowest BCUT2D eigenvalue weighted by Gasteiger charge is -2.03. The molecule has 4 nitrogen and oxygen atoms in total. The molecule has 0 spiro atoms. The van der Waals surface area contributed by atoms with E-state index < -0.39 is 0 Å². The summed E-state index contributed by atoms with van der Waals surface area (Å²) in [4.78, 5) is 11.6. The summed E-state index contributed by atoms with van der Waals surface area (Å²) >= 11 is 0. The highest BCUT2D eigenvalue weighted by Crippen LogP contribution is 2.20. The van der Waals surface area contributed by atoms with Gasteiger partial charge in [0, 0.05) is 24.6 Å². The third kappa shape index (κ3) is 2.85. The van der Waals surface area contributed by atoms with Gasteiger partial charge in [-0.1, -0.05) is 18.2 Å². The summed E-state index contributed by atoms with van der Waals surface area (Å²) in [5.41, 5.74) is 1.72. The van der Waals surface area contributed by atoms with Gasteiger partial charge in [-0.15, -0.1) is 0 Å². The Morgan fingerprint density at radius 3 is 3.06 bits per heavy atom. The molecule has 90 valence electrons. The quantitative estimate of drug-likeness (QED) is 0.800. The van der Waals surface area contributed by atoms with E-state index in [2.05, 4.69) is 5.32 Å². The number of benzene rings is 1. The lowest BCUT2D eigenvalue weighted by atomic mass is 10.1. The summed E-state index contributed by atoms with van der Waals surface area (Å²) in [5, 5.41) is 3.78. The predicted octanol–water partition coefficient (Wildman–Crippen LogP) is 1.74. The Morgan fingerprint density at radius 1 is 1.41 bits per heavy atom. The van der Waals surface area contributed by atoms with E-state index in [-0.39, 0.29) is 5.91 Å². The molecule has 0 aliphatic rings. The molecule has 2 aromatic rings. The van der Waals surface area contributed by atoms with E-state index in [1.165, 1.54) is 0 Å².